The minimum Gasteiger partial charge on any atom is -0.445 e. The van der Waals surface area contributed by atoms with Gasteiger partial charge in [-0.2, -0.15) is 0 Å². The van der Waals surface area contributed by atoms with Crippen molar-refractivity contribution in [2.75, 3.05) is 11.9 Å². The van der Waals surface area contributed by atoms with Crippen molar-refractivity contribution in [3.63, 3.8) is 0 Å². The summed E-state index contributed by atoms with van der Waals surface area (Å²) in [5.74, 6) is -1.47. The molecule has 1 saturated heterocycles. The van der Waals surface area contributed by atoms with Crippen LogP contribution in [0.1, 0.15) is 42.4 Å². The predicted octanol–water partition coefficient (Wildman–Crippen LogP) is 5.05. The summed E-state index contributed by atoms with van der Waals surface area (Å²) in [7, 11) is 0. The van der Waals surface area contributed by atoms with Gasteiger partial charge < -0.3 is 15.2 Å². The number of amides is 2. The molecule has 4 rings (SSSR count). The Morgan fingerprint density at radius 2 is 1.77 bits per heavy atom. The fourth-order valence-corrected chi connectivity index (χ4v) is 4.49. The van der Waals surface area contributed by atoms with Crippen LogP contribution in [-0.4, -0.2) is 40.7 Å². The van der Waals surface area contributed by atoms with Crippen molar-refractivity contribution in [3.05, 3.63) is 101 Å². The zero-order chi connectivity index (χ0) is 24.9. The molecule has 1 heterocycles. The van der Waals surface area contributed by atoms with Crippen molar-refractivity contribution in [3.8, 4) is 0 Å². The molecule has 2 N–H and O–H groups in total. The molecular weight excluding hydrogens is 447 g/mol. The highest BCUT2D eigenvalue weighted by molar-refractivity contribution is 5.98. The predicted molar refractivity (Wildman–Crippen MR) is 131 cm³/mol. The Morgan fingerprint density at radius 1 is 1.06 bits per heavy atom. The van der Waals surface area contributed by atoms with Crippen molar-refractivity contribution in [1.29, 1.82) is 0 Å². The first-order valence-electron chi connectivity index (χ1n) is 11.7. The van der Waals surface area contributed by atoms with Crippen molar-refractivity contribution in [2.45, 2.75) is 44.4 Å². The Bertz CT molecular complexity index is 1180. The lowest BCUT2D eigenvalue weighted by molar-refractivity contribution is -0.122. The summed E-state index contributed by atoms with van der Waals surface area (Å²) >= 11 is 0. The van der Waals surface area contributed by atoms with Crippen molar-refractivity contribution < 1.29 is 23.8 Å². The van der Waals surface area contributed by atoms with E-state index in [-0.39, 0.29) is 19.1 Å². The number of hydrogen-bond acceptors (Lipinski definition) is 4. The first kappa shape index (κ1) is 24.4. The van der Waals surface area contributed by atoms with E-state index >= 15 is 0 Å². The molecule has 35 heavy (non-hydrogen) atoms. The van der Waals surface area contributed by atoms with Crippen LogP contribution in [0.15, 0.2) is 78.9 Å². The number of ether oxygens (including phenoxy) is 1. The Kier molecular flexibility index (Phi) is 7.46. The zero-order valence-corrected chi connectivity index (χ0v) is 19.7. The minimum atomic E-state index is -1.24. The van der Waals surface area contributed by atoms with E-state index in [0.717, 1.165) is 11.1 Å². The lowest BCUT2D eigenvalue weighted by Gasteiger charge is -2.25. The average molecular weight is 477 g/mol. The smallest absolute Gasteiger partial charge is 0.410 e. The van der Waals surface area contributed by atoms with Crippen molar-refractivity contribution >= 4 is 17.7 Å². The second kappa shape index (κ2) is 10.7. The maximum atomic E-state index is 13.9. The van der Waals surface area contributed by atoms with E-state index in [2.05, 4.69) is 5.32 Å². The van der Waals surface area contributed by atoms with Crippen LogP contribution in [-0.2, 0) is 16.1 Å². The number of para-hydroxylation sites is 1. The quantitative estimate of drug-likeness (QED) is 0.522. The van der Waals surface area contributed by atoms with Gasteiger partial charge in [-0.15, -0.1) is 0 Å². The number of benzene rings is 3. The fourth-order valence-electron chi connectivity index (χ4n) is 4.49. The number of likely N-dealkylation sites (tertiary alicyclic amines) is 1. The van der Waals surface area contributed by atoms with E-state index in [1.165, 1.54) is 17.0 Å². The molecule has 3 atom stereocenters. The average Bonchev–Trinajstić information content (AvgIpc) is 3.20. The molecule has 2 amide bonds. The molecule has 0 spiro atoms. The number of carbonyl (C=O) groups excluding carboxylic acids is 2. The van der Waals surface area contributed by atoms with Gasteiger partial charge in [-0.05, 0) is 40.8 Å². The number of rotatable bonds is 6. The van der Waals surface area contributed by atoms with Crippen LogP contribution in [0, 0.1) is 5.82 Å². The Balaban J connectivity index is 1.60. The Hall–Kier alpha value is -3.71. The highest BCUT2D eigenvalue weighted by atomic mass is 19.1. The first-order valence-corrected chi connectivity index (χ1v) is 11.7. The summed E-state index contributed by atoms with van der Waals surface area (Å²) in [5, 5.41) is 14.1. The molecule has 0 aliphatic carbocycles. The molecule has 1 aliphatic rings. The van der Waals surface area contributed by atoms with Crippen LogP contribution in [0.25, 0.3) is 0 Å². The van der Waals surface area contributed by atoms with Crippen LogP contribution in [0.5, 0.6) is 0 Å². The number of halogens is 1. The zero-order valence-electron chi connectivity index (χ0n) is 19.7. The largest absolute Gasteiger partial charge is 0.445 e. The van der Waals surface area contributed by atoms with Gasteiger partial charge in [0, 0.05) is 18.2 Å². The fraction of sp³-hybridized carbons (Fsp3) is 0.286. The van der Waals surface area contributed by atoms with Gasteiger partial charge in [0.05, 0.1) is 6.10 Å². The maximum absolute atomic E-state index is 13.9. The summed E-state index contributed by atoms with van der Waals surface area (Å²) in [6.07, 6.45) is -1.96. The molecule has 0 aromatic heterocycles. The van der Waals surface area contributed by atoms with Crippen LogP contribution < -0.4 is 5.32 Å². The lowest BCUT2D eigenvalue weighted by Crippen LogP contribution is -2.48. The van der Waals surface area contributed by atoms with Crippen LogP contribution in [0.3, 0.4) is 0 Å². The molecule has 1 fully saturated rings. The van der Waals surface area contributed by atoms with Crippen molar-refractivity contribution in [1.82, 2.24) is 4.90 Å². The van der Waals surface area contributed by atoms with E-state index in [0.29, 0.717) is 11.3 Å². The van der Waals surface area contributed by atoms with Gasteiger partial charge in [-0.25, -0.2) is 9.18 Å². The topological polar surface area (TPSA) is 78.9 Å². The molecule has 0 radical (unpaired) electrons. The molecule has 6 nitrogen and oxygen atoms in total. The van der Waals surface area contributed by atoms with Gasteiger partial charge in [0.1, 0.15) is 18.5 Å². The highest BCUT2D eigenvalue weighted by Crippen LogP contribution is 2.34. The van der Waals surface area contributed by atoms with E-state index in [1.807, 2.05) is 62.4 Å². The molecular formula is C28H29FN2O4. The van der Waals surface area contributed by atoms with E-state index in [4.69, 9.17) is 4.74 Å². The maximum Gasteiger partial charge on any atom is 0.410 e. The second-order valence-electron chi connectivity index (χ2n) is 9.02. The number of hydrogen-bond donors (Lipinski definition) is 2. The number of aliphatic hydroxyl groups excluding tert-OH is 1. The summed E-state index contributed by atoms with van der Waals surface area (Å²) in [5.41, 5.74) is 2.87. The number of nitrogens with zero attached hydrogens (tertiary/aromatic N) is 1. The number of aliphatic hydroxyl groups is 1. The lowest BCUT2D eigenvalue weighted by atomic mass is 9.93. The molecule has 0 bridgehead atoms. The normalized spacial score (nSPS) is 19.6. The monoisotopic (exact) mass is 476 g/mol. The number of anilines is 1. The van der Waals surface area contributed by atoms with Gasteiger partial charge in [0.25, 0.3) is 0 Å². The first-order chi connectivity index (χ1) is 16.8. The summed E-state index contributed by atoms with van der Waals surface area (Å²) in [6, 6.07) is 21.3. The molecule has 182 valence electrons. The molecule has 3 aromatic carbocycles. The number of nitrogens with one attached hydrogen (secondary N) is 1. The van der Waals surface area contributed by atoms with Gasteiger partial charge in [0.2, 0.25) is 5.91 Å². The SMILES string of the molecule is CC(C)c1ccccc1NC(=O)[C@H]1[C@@H](O)[C@H](c2cccc(F)c2)CN1C(=O)OCc1ccccc1. The van der Waals surface area contributed by atoms with Gasteiger partial charge in [-0.1, -0.05) is 74.5 Å². The standard InChI is InChI=1S/C28H29FN2O4/c1-18(2)22-13-6-7-14-24(22)30-27(33)25-26(32)23(20-11-8-12-21(29)15-20)16-31(25)28(34)35-17-19-9-4-3-5-10-19/h3-15,18,23,25-26,32H,16-17H2,1-2H3,(H,30,33)/t23-,25+,26-/m0/s1. The third-order valence-corrected chi connectivity index (χ3v) is 6.29. The van der Waals surface area contributed by atoms with Crippen molar-refractivity contribution in [2.24, 2.45) is 0 Å². The third-order valence-electron chi connectivity index (χ3n) is 6.29. The third kappa shape index (κ3) is 5.52. The van der Waals surface area contributed by atoms with Gasteiger partial charge in [-0.3, -0.25) is 9.69 Å². The molecule has 7 heteroatoms. The van der Waals surface area contributed by atoms with Crippen LogP contribution >= 0.6 is 0 Å². The highest BCUT2D eigenvalue weighted by Gasteiger charge is 2.48. The molecule has 0 unspecified atom stereocenters. The van der Waals surface area contributed by atoms with E-state index in [1.54, 1.807) is 18.2 Å². The van der Waals surface area contributed by atoms with E-state index < -0.39 is 35.9 Å². The molecule has 1 aliphatic heterocycles. The Morgan fingerprint density at radius 3 is 2.49 bits per heavy atom. The summed E-state index contributed by atoms with van der Waals surface area (Å²) in [4.78, 5) is 27.8. The summed E-state index contributed by atoms with van der Waals surface area (Å²) in [6.45, 7) is 4.08. The van der Waals surface area contributed by atoms with E-state index in [9.17, 15) is 19.1 Å². The second-order valence-corrected chi connectivity index (χ2v) is 9.02. The minimum absolute atomic E-state index is 0.0160. The number of carbonyl (C=O) groups is 2. The van der Waals surface area contributed by atoms with Gasteiger partial charge in [0.15, 0.2) is 0 Å². The summed E-state index contributed by atoms with van der Waals surface area (Å²) < 4.78 is 19.4. The van der Waals surface area contributed by atoms with Crippen LogP contribution in [0.4, 0.5) is 14.9 Å². The molecule has 3 aromatic rings. The Labute approximate surface area is 204 Å². The molecule has 0 saturated carbocycles. The van der Waals surface area contributed by atoms with Crippen LogP contribution in [0.2, 0.25) is 0 Å². The van der Waals surface area contributed by atoms with Gasteiger partial charge >= 0.3 is 6.09 Å².